The van der Waals surface area contributed by atoms with Gasteiger partial charge in [-0.2, -0.15) is 0 Å². The maximum absolute atomic E-state index is 6.19. The highest BCUT2D eigenvalue weighted by Gasteiger charge is 2.52. The second-order valence-electron chi connectivity index (χ2n) is 6.55. The maximum Gasteiger partial charge on any atom is 0.498 e. The van der Waals surface area contributed by atoms with Crippen molar-refractivity contribution in [2.45, 2.75) is 57.8 Å². The molecule has 0 radical (unpaired) electrons. The van der Waals surface area contributed by atoms with E-state index in [2.05, 4.69) is 4.98 Å². The molecule has 0 atom stereocenters. The number of hydrogen-bond acceptors (Lipinski definition) is 5. The largest absolute Gasteiger partial charge is 0.498 e. The fraction of sp³-hybridized carbons (Fsp3) is 0.643. The van der Waals surface area contributed by atoms with Crippen molar-refractivity contribution < 1.29 is 14.0 Å². The number of pyridine rings is 1. The zero-order chi connectivity index (χ0) is 14.5. The molecule has 1 aromatic rings. The van der Waals surface area contributed by atoms with Crippen LogP contribution < -0.4 is 15.9 Å². The highest BCUT2D eigenvalue weighted by atomic mass is 16.7. The molecule has 1 aliphatic heterocycles. The van der Waals surface area contributed by atoms with Crippen LogP contribution in [-0.2, 0) is 9.31 Å². The van der Waals surface area contributed by atoms with E-state index in [9.17, 15) is 0 Å². The Labute approximate surface area is 119 Å². The lowest BCUT2D eigenvalue weighted by Crippen LogP contribution is -2.41. The van der Waals surface area contributed by atoms with E-state index in [1.165, 1.54) is 0 Å². The summed E-state index contributed by atoms with van der Waals surface area (Å²) in [5.41, 5.74) is 6.71. The predicted octanol–water partition coefficient (Wildman–Crippen LogP) is 1.50. The van der Waals surface area contributed by atoms with E-state index < -0.39 is 18.3 Å². The molecule has 5 nitrogen and oxygen atoms in total. The number of nitrogen functional groups attached to an aromatic ring is 1. The second kappa shape index (κ2) is 4.36. The highest BCUT2D eigenvalue weighted by molar-refractivity contribution is 6.63. The van der Waals surface area contributed by atoms with Crippen LogP contribution in [0.5, 0.6) is 5.75 Å². The fourth-order valence-corrected chi connectivity index (χ4v) is 2.08. The Morgan fingerprint density at radius 1 is 1.20 bits per heavy atom. The average molecular weight is 276 g/mol. The molecule has 0 bridgehead atoms. The van der Waals surface area contributed by atoms with Crippen LogP contribution in [0.15, 0.2) is 12.4 Å². The van der Waals surface area contributed by atoms with Crippen LogP contribution in [-0.4, -0.2) is 29.4 Å². The molecule has 1 saturated heterocycles. The van der Waals surface area contributed by atoms with E-state index in [-0.39, 0.29) is 6.10 Å². The highest BCUT2D eigenvalue weighted by Crippen LogP contribution is 2.37. The number of nitrogens with two attached hydrogens (primary N) is 1. The third kappa shape index (κ3) is 2.27. The molecular weight excluding hydrogens is 255 g/mol. The van der Waals surface area contributed by atoms with Gasteiger partial charge in [-0.1, -0.05) is 0 Å². The minimum atomic E-state index is -0.504. The van der Waals surface area contributed by atoms with Gasteiger partial charge in [0.25, 0.3) is 0 Å². The molecule has 2 N–H and O–H groups in total. The number of nitrogens with zero attached hydrogens (tertiary/aromatic N) is 1. The summed E-state index contributed by atoms with van der Waals surface area (Å²) < 4.78 is 17.8. The van der Waals surface area contributed by atoms with E-state index in [0.29, 0.717) is 11.4 Å². The molecule has 20 heavy (non-hydrogen) atoms. The molecule has 0 spiro atoms. The normalized spacial score (nSPS) is 23.9. The van der Waals surface area contributed by atoms with Gasteiger partial charge in [-0.05, 0) is 40.5 Å². The maximum atomic E-state index is 6.19. The van der Waals surface area contributed by atoms with Crippen LogP contribution in [0.2, 0.25) is 0 Å². The summed E-state index contributed by atoms with van der Waals surface area (Å²) in [6.45, 7) is 8.06. The van der Waals surface area contributed by atoms with E-state index in [4.69, 9.17) is 19.8 Å². The summed E-state index contributed by atoms with van der Waals surface area (Å²) in [7, 11) is -0.504. The number of hydrogen-bond donors (Lipinski definition) is 1. The van der Waals surface area contributed by atoms with Gasteiger partial charge in [0.15, 0.2) is 5.75 Å². The summed E-state index contributed by atoms with van der Waals surface area (Å²) in [5.74, 6) is 0.625. The third-order valence-corrected chi connectivity index (χ3v) is 4.31. The van der Waals surface area contributed by atoms with Gasteiger partial charge in [-0.3, -0.25) is 4.98 Å². The van der Waals surface area contributed by atoms with Crippen molar-refractivity contribution in [2.24, 2.45) is 0 Å². The van der Waals surface area contributed by atoms with Crippen molar-refractivity contribution in [3.05, 3.63) is 12.4 Å². The smallest absolute Gasteiger partial charge is 0.487 e. The number of ether oxygens (including phenoxy) is 1. The molecule has 0 amide bonds. The van der Waals surface area contributed by atoms with Gasteiger partial charge in [0.2, 0.25) is 0 Å². The van der Waals surface area contributed by atoms with Crippen LogP contribution in [0.1, 0.15) is 40.5 Å². The first-order valence-corrected chi connectivity index (χ1v) is 7.06. The Hall–Kier alpha value is -1.27. The molecule has 2 aliphatic rings. The van der Waals surface area contributed by atoms with Crippen molar-refractivity contribution >= 4 is 18.3 Å². The number of rotatable bonds is 3. The minimum absolute atomic E-state index is 0.285. The molecule has 3 rings (SSSR count). The molecule has 2 heterocycles. The summed E-state index contributed by atoms with van der Waals surface area (Å²) in [4.78, 5) is 4.20. The average Bonchev–Trinajstić information content (AvgIpc) is 3.10. The van der Waals surface area contributed by atoms with Gasteiger partial charge in [0.05, 0.1) is 29.2 Å². The second-order valence-corrected chi connectivity index (χ2v) is 6.55. The Kier molecular flexibility index (Phi) is 2.99. The molecule has 2 fully saturated rings. The van der Waals surface area contributed by atoms with E-state index in [1.54, 1.807) is 12.4 Å². The summed E-state index contributed by atoms with van der Waals surface area (Å²) in [5, 5.41) is 0. The molecule has 1 saturated carbocycles. The van der Waals surface area contributed by atoms with Crippen molar-refractivity contribution in [1.29, 1.82) is 0 Å². The first-order chi connectivity index (χ1) is 9.30. The standard InChI is InChI=1S/C14H21BN2O3/c1-13(2)14(3,4)20-15(19-13)10-7-17-8-11(12(10)16)18-9-5-6-9/h7-9H,5-6H2,1-4H3,(H2,16,17). The van der Waals surface area contributed by atoms with Crippen LogP contribution in [0.4, 0.5) is 5.69 Å². The van der Waals surface area contributed by atoms with Crippen molar-refractivity contribution in [3.8, 4) is 5.75 Å². The molecular formula is C14H21BN2O3. The molecule has 0 unspecified atom stereocenters. The SMILES string of the molecule is CC1(C)OB(c2cncc(OC3CC3)c2N)OC1(C)C. The van der Waals surface area contributed by atoms with Crippen molar-refractivity contribution in [1.82, 2.24) is 4.98 Å². The monoisotopic (exact) mass is 276 g/mol. The lowest BCUT2D eigenvalue weighted by molar-refractivity contribution is 0.00578. The summed E-state index contributed by atoms with van der Waals surface area (Å²) >= 11 is 0. The predicted molar refractivity (Wildman–Crippen MR) is 78.0 cm³/mol. The quantitative estimate of drug-likeness (QED) is 0.847. The molecule has 1 aliphatic carbocycles. The zero-order valence-corrected chi connectivity index (χ0v) is 12.5. The van der Waals surface area contributed by atoms with Gasteiger partial charge in [0.1, 0.15) is 0 Å². The van der Waals surface area contributed by atoms with Gasteiger partial charge in [0, 0.05) is 11.7 Å². The number of anilines is 1. The van der Waals surface area contributed by atoms with Gasteiger partial charge in [-0.25, -0.2) is 0 Å². The molecule has 1 aromatic heterocycles. The van der Waals surface area contributed by atoms with Gasteiger partial charge < -0.3 is 19.8 Å². The van der Waals surface area contributed by atoms with Crippen LogP contribution >= 0.6 is 0 Å². The Balaban J connectivity index is 1.87. The third-order valence-electron chi connectivity index (χ3n) is 4.31. The molecule has 0 aromatic carbocycles. The number of aromatic nitrogens is 1. The van der Waals surface area contributed by atoms with Gasteiger partial charge in [-0.15, -0.1) is 0 Å². The Morgan fingerprint density at radius 3 is 2.35 bits per heavy atom. The summed E-state index contributed by atoms with van der Waals surface area (Å²) in [6, 6.07) is 0. The zero-order valence-electron chi connectivity index (χ0n) is 12.5. The van der Waals surface area contributed by atoms with Crippen LogP contribution in [0.25, 0.3) is 0 Å². The minimum Gasteiger partial charge on any atom is -0.487 e. The Bertz CT molecular complexity index is 513. The fourth-order valence-electron chi connectivity index (χ4n) is 2.08. The molecule has 6 heteroatoms. The first-order valence-electron chi connectivity index (χ1n) is 7.06. The Morgan fingerprint density at radius 2 is 1.80 bits per heavy atom. The van der Waals surface area contributed by atoms with E-state index >= 15 is 0 Å². The van der Waals surface area contributed by atoms with Crippen molar-refractivity contribution in [3.63, 3.8) is 0 Å². The van der Waals surface area contributed by atoms with Crippen LogP contribution in [0.3, 0.4) is 0 Å². The summed E-state index contributed by atoms with van der Waals surface area (Å²) in [6.07, 6.45) is 5.80. The van der Waals surface area contributed by atoms with Crippen molar-refractivity contribution in [2.75, 3.05) is 5.73 Å². The van der Waals surface area contributed by atoms with Crippen LogP contribution in [0, 0.1) is 0 Å². The molecule has 108 valence electrons. The van der Waals surface area contributed by atoms with Gasteiger partial charge >= 0.3 is 7.12 Å². The lowest BCUT2D eigenvalue weighted by atomic mass is 9.79. The topological polar surface area (TPSA) is 66.6 Å². The van der Waals surface area contributed by atoms with E-state index in [0.717, 1.165) is 18.3 Å². The van der Waals surface area contributed by atoms with E-state index in [1.807, 2.05) is 27.7 Å². The lowest BCUT2D eigenvalue weighted by Gasteiger charge is -2.32. The first kappa shape index (κ1) is 13.7.